The number of aromatic hydroxyl groups is 1. The van der Waals surface area contributed by atoms with Gasteiger partial charge in [-0.05, 0) is 24.3 Å². The highest BCUT2D eigenvalue weighted by molar-refractivity contribution is 6.21. The van der Waals surface area contributed by atoms with Gasteiger partial charge in [0.05, 0.1) is 11.3 Å². The zero-order valence-electron chi connectivity index (χ0n) is 11.5. The predicted molar refractivity (Wildman–Crippen MR) is 83.9 cm³/mol. The third kappa shape index (κ3) is 2.09. The first-order valence-electron chi connectivity index (χ1n) is 6.76. The minimum atomic E-state index is -0.218. The van der Waals surface area contributed by atoms with Crippen LogP contribution in [0.1, 0.15) is 11.3 Å². The summed E-state index contributed by atoms with van der Waals surface area (Å²) in [7, 11) is 0. The number of para-hydroxylation sites is 1. The van der Waals surface area contributed by atoms with Crippen molar-refractivity contribution in [3.8, 4) is 17.4 Å². The fraction of sp³-hybridized carbons (Fsp3) is 0. The van der Waals surface area contributed by atoms with Crippen molar-refractivity contribution in [3.05, 3.63) is 60.0 Å². The van der Waals surface area contributed by atoms with Crippen LogP contribution in [0.3, 0.4) is 0 Å². The lowest BCUT2D eigenvalue weighted by molar-refractivity contribution is 0.336. The lowest BCUT2D eigenvalue weighted by Gasteiger charge is -1.97. The van der Waals surface area contributed by atoms with Crippen molar-refractivity contribution in [1.82, 2.24) is 9.97 Å². The van der Waals surface area contributed by atoms with Crippen LogP contribution in [0, 0.1) is 0 Å². The van der Waals surface area contributed by atoms with E-state index < -0.39 is 0 Å². The summed E-state index contributed by atoms with van der Waals surface area (Å²) in [5.41, 5.74) is 3.88. The van der Waals surface area contributed by atoms with E-state index in [0.717, 1.165) is 16.8 Å². The third-order valence-corrected chi connectivity index (χ3v) is 3.39. The number of oxazole rings is 1. The fourth-order valence-corrected chi connectivity index (χ4v) is 2.33. The van der Waals surface area contributed by atoms with Crippen LogP contribution in [-0.4, -0.2) is 21.3 Å². The summed E-state index contributed by atoms with van der Waals surface area (Å²) < 4.78 is 5.31. The number of allylic oxidation sites excluding steroid dienone is 1. The van der Waals surface area contributed by atoms with E-state index in [4.69, 9.17) is 4.42 Å². The van der Waals surface area contributed by atoms with Gasteiger partial charge in [0.25, 0.3) is 0 Å². The second-order valence-corrected chi connectivity index (χ2v) is 4.83. The molecule has 0 radical (unpaired) electrons. The van der Waals surface area contributed by atoms with Crippen LogP contribution >= 0.6 is 0 Å². The number of fused-ring (bicyclic) bond motifs is 1. The van der Waals surface area contributed by atoms with Gasteiger partial charge in [-0.1, -0.05) is 18.2 Å². The Morgan fingerprint density at radius 3 is 2.86 bits per heavy atom. The largest absolute Gasteiger partial charge is 0.479 e. The first kappa shape index (κ1) is 12.5. The van der Waals surface area contributed by atoms with Crippen molar-refractivity contribution in [2.24, 2.45) is 4.99 Å². The standard InChI is InChI=1S/C17H11N3O2/c21-17-15(20-16(22-17)11-4-3-7-18-9-11)8-12-10-19-14-6-2-1-5-13(12)14/h1-10,21H/b12-8+. The molecule has 2 aromatic heterocycles. The monoisotopic (exact) mass is 289 g/mol. The molecule has 1 aromatic carbocycles. The Morgan fingerprint density at radius 1 is 1.09 bits per heavy atom. The predicted octanol–water partition coefficient (Wildman–Crippen LogP) is 3.70. The Labute approximate surface area is 126 Å². The molecular formula is C17H11N3O2. The van der Waals surface area contributed by atoms with Gasteiger partial charge in [0.2, 0.25) is 5.89 Å². The van der Waals surface area contributed by atoms with Gasteiger partial charge in [-0.25, -0.2) is 4.98 Å². The Kier molecular flexibility index (Phi) is 2.83. The maximum Gasteiger partial charge on any atom is 0.310 e. The molecule has 3 heterocycles. The Morgan fingerprint density at radius 2 is 2.00 bits per heavy atom. The Balaban J connectivity index is 1.75. The first-order chi connectivity index (χ1) is 10.8. The summed E-state index contributed by atoms with van der Waals surface area (Å²) in [6, 6.07) is 11.4. The van der Waals surface area contributed by atoms with Crippen LogP contribution in [0.25, 0.3) is 23.1 Å². The molecule has 0 fully saturated rings. The van der Waals surface area contributed by atoms with E-state index in [-0.39, 0.29) is 5.95 Å². The van der Waals surface area contributed by atoms with Gasteiger partial charge in [0, 0.05) is 29.7 Å². The van der Waals surface area contributed by atoms with E-state index in [1.807, 2.05) is 30.3 Å². The van der Waals surface area contributed by atoms with E-state index in [1.165, 1.54) is 0 Å². The molecule has 0 amide bonds. The third-order valence-electron chi connectivity index (χ3n) is 3.39. The zero-order valence-corrected chi connectivity index (χ0v) is 11.5. The molecule has 0 saturated carbocycles. The van der Waals surface area contributed by atoms with Crippen molar-refractivity contribution < 1.29 is 9.52 Å². The highest BCUT2D eigenvalue weighted by Gasteiger charge is 2.16. The van der Waals surface area contributed by atoms with Gasteiger partial charge in [-0.3, -0.25) is 9.98 Å². The summed E-state index contributed by atoms with van der Waals surface area (Å²) in [5.74, 6) is 0.116. The molecule has 3 aromatic rings. The summed E-state index contributed by atoms with van der Waals surface area (Å²) >= 11 is 0. The summed E-state index contributed by atoms with van der Waals surface area (Å²) in [5, 5.41) is 9.96. The summed E-state index contributed by atoms with van der Waals surface area (Å²) in [4.78, 5) is 12.7. The molecular weight excluding hydrogens is 278 g/mol. The minimum absolute atomic E-state index is 0.218. The molecule has 1 N–H and O–H groups in total. The fourth-order valence-electron chi connectivity index (χ4n) is 2.33. The van der Waals surface area contributed by atoms with Crippen LogP contribution in [0.15, 0.2) is 58.2 Å². The number of hydrogen-bond donors (Lipinski definition) is 1. The lowest BCUT2D eigenvalue weighted by Crippen LogP contribution is -1.82. The van der Waals surface area contributed by atoms with Crippen LogP contribution in [0.2, 0.25) is 0 Å². The number of benzene rings is 1. The number of hydrogen-bond acceptors (Lipinski definition) is 5. The molecule has 4 rings (SSSR count). The van der Waals surface area contributed by atoms with Crippen molar-refractivity contribution in [1.29, 1.82) is 0 Å². The van der Waals surface area contributed by atoms with Gasteiger partial charge in [-0.15, -0.1) is 0 Å². The molecule has 0 unspecified atom stereocenters. The molecule has 1 aliphatic heterocycles. The van der Waals surface area contributed by atoms with Gasteiger partial charge < -0.3 is 9.52 Å². The second kappa shape index (κ2) is 4.96. The van der Waals surface area contributed by atoms with E-state index in [9.17, 15) is 5.11 Å². The zero-order chi connectivity index (χ0) is 14.9. The molecule has 0 saturated heterocycles. The number of rotatable bonds is 2. The van der Waals surface area contributed by atoms with E-state index >= 15 is 0 Å². The van der Waals surface area contributed by atoms with Gasteiger partial charge in [0.1, 0.15) is 5.69 Å². The summed E-state index contributed by atoms with van der Waals surface area (Å²) in [6.07, 6.45) is 6.81. The van der Waals surface area contributed by atoms with E-state index in [1.54, 1.807) is 30.8 Å². The van der Waals surface area contributed by atoms with Crippen LogP contribution in [0.5, 0.6) is 5.95 Å². The lowest BCUT2D eigenvalue weighted by atomic mass is 10.1. The molecule has 1 aliphatic rings. The normalized spacial score (nSPS) is 14.5. The van der Waals surface area contributed by atoms with Gasteiger partial charge in [0.15, 0.2) is 0 Å². The summed E-state index contributed by atoms with van der Waals surface area (Å²) in [6.45, 7) is 0. The molecule has 0 aliphatic carbocycles. The van der Waals surface area contributed by atoms with Crippen LogP contribution in [0.4, 0.5) is 5.69 Å². The van der Waals surface area contributed by atoms with Crippen molar-refractivity contribution in [2.75, 3.05) is 0 Å². The topological polar surface area (TPSA) is 71.5 Å². The second-order valence-electron chi connectivity index (χ2n) is 4.83. The van der Waals surface area contributed by atoms with E-state index in [2.05, 4.69) is 15.0 Å². The maximum absolute atomic E-state index is 9.96. The molecule has 0 spiro atoms. The SMILES string of the molecule is Oc1oc(-c2cccnc2)nc1/C=C1\C=Nc2ccccc21. The quantitative estimate of drug-likeness (QED) is 0.780. The number of aliphatic imine (C=N–C) groups is 1. The molecule has 106 valence electrons. The Bertz CT molecular complexity index is 895. The molecule has 5 nitrogen and oxygen atoms in total. The molecule has 22 heavy (non-hydrogen) atoms. The maximum atomic E-state index is 9.96. The van der Waals surface area contributed by atoms with Crippen molar-refractivity contribution in [2.45, 2.75) is 0 Å². The van der Waals surface area contributed by atoms with Crippen molar-refractivity contribution >= 4 is 23.6 Å². The molecule has 0 bridgehead atoms. The Hall–Kier alpha value is -3.21. The number of aromatic nitrogens is 2. The number of pyridine rings is 1. The highest BCUT2D eigenvalue weighted by Crippen LogP contribution is 2.34. The van der Waals surface area contributed by atoms with Crippen LogP contribution < -0.4 is 0 Å². The van der Waals surface area contributed by atoms with E-state index in [0.29, 0.717) is 17.1 Å². The molecule has 0 atom stereocenters. The van der Waals surface area contributed by atoms with Gasteiger partial charge >= 0.3 is 5.95 Å². The minimum Gasteiger partial charge on any atom is -0.479 e. The van der Waals surface area contributed by atoms with Crippen molar-refractivity contribution in [3.63, 3.8) is 0 Å². The average Bonchev–Trinajstić information content (AvgIpc) is 3.13. The molecule has 5 heteroatoms. The highest BCUT2D eigenvalue weighted by atomic mass is 16.5. The number of nitrogens with zero attached hydrogens (tertiary/aromatic N) is 3. The first-order valence-corrected chi connectivity index (χ1v) is 6.76. The average molecular weight is 289 g/mol. The van der Waals surface area contributed by atoms with Crippen LogP contribution in [-0.2, 0) is 0 Å². The smallest absolute Gasteiger partial charge is 0.310 e. The van der Waals surface area contributed by atoms with Gasteiger partial charge in [-0.2, -0.15) is 0 Å².